The van der Waals surface area contributed by atoms with Crippen LogP contribution in [0, 0.1) is 0 Å². The standard InChI is InChI=1S/C20H18ClN3O2S2/c1-13(25)22-17-7-5-15(6-8-17)18-11-28-20(23-18)24-19(26)12-27-10-14-3-2-4-16(21)9-14/h2-9,11H,10,12H2,1H3,(H,22,25)(H,23,24,26). The highest BCUT2D eigenvalue weighted by atomic mass is 35.5. The molecule has 0 aliphatic carbocycles. The molecule has 5 nitrogen and oxygen atoms in total. The number of carbonyl (C=O) groups is 2. The number of amides is 2. The van der Waals surface area contributed by atoms with Gasteiger partial charge in [0.1, 0.15) is 0 Å². The maximum absolute atomic E-state index is 12.1. The second kappa shape index (κ2) is 9.73. The molecule has 2 aromatic carbocycles. The maximum Gasteiger partial charge on any atom is 0.236 e. The van der Waals surface area contributed by atoms with E-state index in [0.29, 0.717) is 15.9 Å². The first-order valence-corrected chi connectivity index (χ1v) is 10.9. The number of halogens is 1. The molecule has 0 unspecified atom stereocenters. The molecule has 0 aliphatic rings. The van der Waals surface area contributed by atoms with Crippen LogP contribution < -0.4 is 10.6 Å². The molecule has 0 atom stereocenters. The Kier molecular flexibility index (Phi) is 7.08. The van der Waals surface area contributed by atoms with Gasteiger partial charge in [-0.2, -0.15) is 0 Å². The van der Waals surface area contributed by atoms with E-state index >= 15 is 0 Å². The predicted octanol–water partition coefficient (Wildman–Crippen LogP) is 5.29. The van der Waals surface area contributed by atoms with Gasteiger partial charge in [0.25, 0.3) is 0 Å². The molecule has 2 amide bonds. The van der Waals surface area contributed by atoms with Crippen molar-refractivity contribution < 1.29 is 9.59 Å². The summed E-state index contributed by atoms with van der Waals surface area (Å²) in [5.41, 5.74) is 3.52. The summed E-state index contributed by atoms with van der Waals surface area (Å²) in [6, 6.07) is 15.0. The zero-order valence-corrected chi connectivity index (χ0v) is 17.5. The largest absolute Gasteiger partial charge is 0.326 e. The van der Waals surface area contributed by atoms with Crippen LogP contribution in [0.2, 0.25) is 5.02 Å². The van der Waals surface area contributed by atoms with Gasteiger partial charge in [0.2, 0.25) is 11.8 Å². The minimum Gasteiger partial charge on any atom is -0.326 e. The summed E-state index contributed by atoms with van der Waals surface area (Å²) < 4.78 is 0. The molecule has 1 aromatic heterocycles. The molecule has 0 saturated carbocycles. The van der Waals surface area contributed by atoms with Crippen LogP contribution in [0.5, 0.6) is 0 Å². The van der Waals surface area contributed by atoms with Crippen LogP contribution in [-0.4, -0.2) is 22.6 Å². The van der Waals surface area contributed by atoms with Crippen LogP contribution >= 0.6 is 34.7 Å². The van der Waals surface area contributed by atoms with Gasteiger partial charge < -0.3 is 10.6 Å². The molecule has 0 radical (unpaired) electrons. The van der Waals surface area contributed by atoms with Gasteiger partial charge in [0.15, 0.2) is 5.13 Å². The van der Waals surface area contributed by atoms with Crippen molar-refractivity contribution in [1.29, 1.82) is 0 Å². The Hall–Kier alpha value is -2.35. The van der Waals surface area contributed by atoms with Crippen molar-refractivity contribution in [2.45, 2.75) is 12.7 Å². The molecule has 0 fully saturated rings. The van der Waals surface area contributed by atoms with Gasteiger partial charge in [0.05, 0.1) is 11.4 Å². The average Bonchev–Trinajstić information content (AvgIpc) is 3.10. The van der Waals surface area contributed by atoms with E-state index in [1.807, 2.05) is 53.9 Å². The molecule has 144 valence electrons. The molecule has 0 saturated heterocycles. The van der Waals surface area contributed by atoms with Crippen LogP contribution in [0.4, 0.5) is 10.8 Å². The molecule has 3 aromatic rings. The number of thioether (sulfide) groups is 1. The lowest BCUT2D eigenvalue weighted by atomic mass is 10.1. The third-order valence-electron chi connectivity index (χ3n) is 3.64. The van der Waals surface area contributed by atoms with E-state index in [0.717, 1.165) is 28.3 Å². The first-order valence-electron chi connectivity index (χ1n) is 8.45. The zero-order valence-electron chi connectivity index (χ0n) is 15.1. The number of aromatic nitrogens is 1. The second-order valence-electron chi connectivity index (χ2n) is 5.97. The molecule has 8 heteroatoms. The Labute approximate surface area is 176 Å². The summed E-state index contributed by atoms with van der Waals surface area (Å²) in [7, 11) is 0. The molecule has 2 N–H and O–H groups in total. The number of benzene rings is 2. The fourth-order valence-electron chi connectivity index (χ4n) is 2.44. The molecule has 0 spiro atoms. The lowest BCUT2D eigenvalue weighted by Crippen LogP contribution is -2.13. The average molecular weight is 432 g/mol. The Morgan fingerprint density at radius 1 is 1.14 bits per heavy atom. The molecular weight excluding hydrogens is 414 g/mol. The fourth-order valence-corrected chi connectivity index (χ4v) is 4.16. The molecule has 0 aliphatic heterocycles. The number of anilines is 2. The van der Waals surface area contributed by atoms with Gasteiger partial charge >= 0.3 is 0 Å². The van der Waals surface area contributed by atoms with Crippen LogP contribution in [0.1, 0.15) is 12.5 Å². The lowest BCUT2D eigenvalue weighted by molar-refractivity contribution is -0.114. The number of thiazole rings is 1. The third kappa shape index (κ3) is 6.09. The number of rotatable bonds is 7. The number of hydrogen-bond acceptors (Lipinski definition) is 5. The van der Waals surface area contributed by atoms with Crippen molar-refractivity contribution in [3.8, 4) is 11.3 Å². The highest BCUT2D eigenvalue weighted by Crippen LogP contribution is 2.26. The monoisotopic (exact) mass is 431 g/mol. The van der Waals surface area contributed by atoms with Gasteiger partial charge in [-0.1, -0.05) is 35.9 Å². The zero-order chi connectivity index (χ0) is 19.9. The van der Waals surface area contributed by atoms with Crippen LogP contribution in [0.3, 0.4) is 0 Å². The van der Waals surface area contributed by atoms with Crippen molar-refractivity contribution >= 4 is 57.3 Å². The van der Waals surface area contributed by atoms with Gasteiger partial charge in [0, 0.05) is 34.3 Å². The number of nitrogens with one attached hydrogen (secondary N) is 2. The molecular formula is C20H18ClN3O2S2. The van der Waals surface area contributed by atoms with Crippen molar-refractivity contribution in [2.75, 3.05) is 16.4 Å². The number of nitrogens with zero attached hydrogens (tertiary/aromatic N) is 1. The van der Waals surface area contributed by atoms with Gasteiger partial charge in [-0.05, 0) is 29.8 Å². The first-order chi connectivity index (χ1) is 13.5. The van der Waals surface area contributed by atoms with Gasteiger partial charge in [-0.15, -0.1) is 23.1 Å². The summed E-state index contributed by atoms with van der Waals surface area (Å²) in [5.74, 6) is 0.860. The van der Waals surface area contributed by atoms with E-state index < -0.39 is 0 Å². The maximum atomic E-state index is 12.1. The van der Waals surface area contributed by atoms with E-state index in [9.17, 15) is 9.59 Å². The fraction of sp³-hybridized carbons (Fsp3) is 0.150. The summed E-state index contributed by atoms with van der Waals surface area (Å²) in [6.07, 6.45) is 0. The molecule has 1 heterocycles. The normalized spacial score (nSPS) is 10.5. The Morgan fingerprint density at radius 2 is 1.93 bits per heavy atom. The summed E-state index contributed by atoms with van der Waals surface area (Å²) in [5, 5.41) is 8.71. The molecule has 0 bridgehead atoms. The van der Waals surface area contributed by atoms with Crippen molar-refractivity contribution in [3.63, 3.8) is 0 Å². The molecule has 3 rings (SSSR count). The number of carbonyl (C=O) groups excluding carboxylic acids is 2. The van der Waals surface area contributed by atoms with Crippen LogP contribution in [0.15, 0.2) is 53.9 Å². The minimum absolute atomic E-state index is 0.0889. The van der Waals surface area contributed by atoms with Gasteiger partial charge in [-0.25, -0.2) is 4.98 Å². The first kappa shape index (κ1) is 20.4. The summed E-state index contributed by atoms with van der Waals surface area (Å²) in [4.78, 5) is 27.7. The van der Waals surface area contributed by atoms with Gasteiger partial charge in [-0.3, -0.25) is 9.59 Å². The van der Waals surface area contributed by atoms with E-state index in [1.165, 1.54) is 30.0 Å². The highest BCUT2D eigenvalue weighted by Gasteiger charge is 2.09. The predicted molar refractivity (Wildman–Crippen MR) is 118 cm³/mol. The SMILES string of the molecule is CC(=O)Nc1ccc(-c2csc(NC(=O)CSCc3cccc(Cl)c3)n2)cc1. The number of hydrogen-bond donors (Lipinski definition) is 2. The van der Waals surface area contributed by atoms with Crippen LogP contribution in [0.25, 0.3) is 11.3 Å². The van der Waals surface area contributed by atoms with Crippen LogP contribution in [-0.2, 0) is 15.3 Å². The second-order valence-corrected chi connectivity index (χ2v) is 8.25. The van der Waals surface area contributed by atoms with Crippen molar-refractivity contribution in [3.05, 3.63) is 64.5 Å². The quantitative estimate of drug-likeness (QED) is 0.532. The topological polar surface area (TPSA) is 71.1 Å². The summed E-state index contributed by atoms with van der Waals surface area (Å²) in [6.45, 7) is 1.47. The summed E-state index contributed by atoms with van der Waals surface area (Å²) >= 11 is 8.87. The van der Waals surface area contributed by atoms with E-state index in [1.54, 1.807) is 0 Å². The lowest BCUT2D eigenvalue weighted by Gasteiger charge is -2.04. The van der Waals surface area contributed by atoms with E-state index in [-0.39, 0.29) is 11.8 Å². The third-order valence-corrected chi connectivity index (χ3v) is 5.64. The van der Waals surface area contributed by atoms with E-state index in [2.05, 4.69) is 15.6 Å². The van der Waals surface area contributed by atoms with E-state index in [4.69, 9.17) is 11.6 Å². The highest BCUT2D eigenvalue weighted by molar-refractivity contribution is 7.99. The molecule has 28 heavy (non-hydrogen) atoms. The Balaban J connectivity index is 1.51. The smallest absolute Gasteiger partial charge is 0.236 e. The van der Waals surface area contributed by atoms with Crippen molar-refractivity contribution in [1.82, 2.24) is 4.98 Å². The Morgan fingerprint density at radius 3 is 2.64 bits per heavy atom. The minimum atomic E-state index is -0.111. The Bertz CT molecular complexity index is 974. The van der Waals surface area contributed by atoms with Crippen molar-refractivity contribution in [2.24, 2.45) is 0 Å².